The van der Waals surface area contributed by atoms with Gasteiger partial charge in [0, 0.05) is 18.1 Å². The zero-order chi connectivity index (χ0) is 40.4. The second kappa shape index (κ2) is 25.3. The molecule has 0 heterocycles. The average Bonchev–Trinajstić information content (AvgIpc) is 3.22. The Bertz CT molecular complexity index is 1920. The molecule has 0 aliphatic heterocycles. The Balaban J connectivity index is 1.55. The number of esters is 5. The van der Waals surface area contributed by atoms with Crippen molar-refractivity contribution >= 4 is 29.8 Å². The van der Waals surface area contributed by atoms with Gasteiger partial charge in [0.15, 0.2) is 0 Å². The molecule has 0 fully saturated rings. The van der Waals surface area contributed by atoms with E-state index in [0.29, 0.717) is 37.9 Å². The van der Waals surface area contributed by atoms with Gasteiger partial charge >= 0.3 is 29.8 Å². The quantitative estimate of drug-likeness (QED) is 0.0234. The lowest BCUT2D eigenvalue weighted by Gasteiger charge is -2.12. The number of carbonyl (C=O) groups is 5. The highest BCUT2D eigenvalue weighted by Crippen LogP contribution is 2.27. The molecule has 56 heavy (non-hydrogen) atoms. The van der Waals surface area contributed by atoms with Crippen LogP contribution >= 0.6 is 0 Å². The summed E-state index contributed by atoms with van der Waals surface area (Å²) in [4.78, 5) is 61.2. The van der Waals surface area contributed by atoms with Crippen molar-refractivity contribution in [3.05, 3.63) is 109 Å². The first-order chi connectivity index (χ1) is 27.2. The number of unbranched alkanes of at least 4 members (excludes halogenated alkanes) is 6. The molecule has 3 aromatic rings. The average molecular weight is 765 g/mol. The molecular weight excluding hydrogens is 720 g/mol. The van der Waals surface area contributed by atoms with Gasteiger partial charge in [-0.3, -0.25) is 0 Å². The number of hydrogen-bond acceptors (Lipinski definition) is 12. The highest BCUT2D eigenvalue weighted by Gasteiger charge is 2.21. The van der Waals surface area contributed by atoms with Crippen LogP contribution in [-0.2, 0) is 23.8 Å². The number of benzene rings is 3. The first-order valence-corrected chi connectivity index (χ1v) is 18.0. The van der Waals surface area contributed by atoms with Crippen LogP contribution in [0.4, 0.5) is 0 Å². The van der Waals surface area contributed by atoms with E-state index in [0.717, 1.165) is 63.5 Å². The number of ether oxygens (including phenoxy) is 7. The van der Waals surface area contributed by atoms with Crippen molar-refractivity contribution in [3.8, 4) is 46.9 Å². The van der Waals surface area contributed by atoms with E-state index in [9.17, 15) is 24.0 Å². The van der Waals surface area contributed by atoms with Gasteiger partial charge in [0.1, 0.15) is 34.7 Å². The van der Waals surface area contributed by atoms with Crippen molar-refractivity contribution in [1.29, 1.82) is 0 Å². The fourth-order valence-corrected chi connectivity index (χ4v) is 4.69. The van der Waals surface area contributed by atoms with Crippen LogP contribution < -0.4 is 18.9 Å². The summed E-state index contributed by atoms with van der Waals surface area (Å²) in [5.41, 5.74) is 0.199. The summed E-state index contributed by atoms with van der Waals surface area (Å²) in [5.74, 6) is 5.04. The molecule has 292 valence electrons. The molecule has 0 aliphatic carbocycles. The van der Waals surface area contributed by atoms with E-state index in [4.69, 9.17) is 33.2 Å². The minimum atomic E-state index is -0.963. The highest BCUT2D eigenvalue weighted by atomic mass is 16.6. The maximum absolute atomic E-state index is 13.1. The predicted octanol–water partition coefficient (Wildman–Crippen LogP) is 7.60. The maximum atomic E-state index is 13.1. The van der Waals surface area contributed by atoms with Gasteiger partial charge in [-0.15, -0.1) is 0 Å². The van der Waals surface area contributed by atoms with E-state index in [1.807, 2.05) is 0 Å². The zero-order valence-electron chi connectivity index (χ0n) is 31.3. The third-order valence-electron chi connectivity index (χ3n) is 7.58. The van der Waals surface area contributed by atoms with Crippen LogP contribution in [0.1, 0.15) is 89.4 Å². The molecule has 0 radical (unpaired) electrons. The van der Waals surface area contributed by atoms with Crippen molar-refractivity contribution in [2.45, 2.75) is 58.3 Å². The minimum Gasteiger partial charge on any atom is -0.494 e. The van der Waals surface area contributed by atoms with Gasteiger partial charge in [-0.1, -0.05) is 19.1 Å². The molecule has 0 saturated carbocycles. The van der Waals surface area contributed by atoms with Crippen molar-refractivity contribution in [2.75, 3.05) is 26.4 Å². The fourth-order valence-electron chi connectivity index (χ4n) is 4.69. The summed E-state index contributed by atoms with van der Waals surface area (Å²) >= 11 is 0. The lowest BCUT2D eigenvalue weighted by molar-refractivity contribution is -0.138. The lowest BCUT2D eigenvalue weighted by atomic mass is 10.1. The third kappa shape index (κ3) is 16.5. The second-order valence-corrected chi connectivity index (χ2v) is 11.7. The van der Waals surface area contributed by atoms with E-state index in [1.165, 1.54) is 30.3 Å². The van der Waals surface area contributed by atoms with Gasteiger partial charge in [-0.05, 0) is 131 Å². The van der Waals surface area contributed by atoms with E-state index >= 15 is 0 Å². The van der Waals surface area contributed by atoms with Crippen LogP contribution in [0.5, 0.6) is 23.0 Å². The first kappa shape index (κ1) is 43.6. The van der Waals surface area contributed by atoms with E-state index < -0.39 is 29.8 Å². The first-order valence-electron chi connectivity index (χ1n) is 18.0. The van der Waals surface area contributed by atoms with Crippen molar-refractivity contribution < 1.29 is 57.1 Å². The van der Waals surface area contributed by atoms with Crippen LogP contribution in [0, 0.1) is 23.9 Å². The summed E-state index contributed by atoms with van der Waals surface area (Å²) in [6.07, 6.45) is 11.1. The molecule has 0 aromatic heterocycles. The molecule has 0 amide bonds. The van der Waals surface area contributed by atoms with Crippen LogP contribution in [0.2, 0.25) is 0 Å². The Morgan fingerprint density at radius 3 is 1.50 bits per heavy atom. The van der Waals surface area contributed by atoms with E-state index in [-0.39, 0.29) is 28.2 Å². The van der Waals surface area contributed by atoms with Crippen LogP contribution in [0.15, 0.2) is 92.0 Å². The minimum absolute atomic E-state index is 0.0136. The summed E-state index contributed by atoms with van der Waals surface area (Å²) in [5, 5.41) is 0. The molecule has 0 N–H and O–H groups in total. The maximum Gasteiger partial charge on any atom is 0.356 e. The smallest absolute Gasteiger partial charge is 0.356 e. The Labute approximate surface area is 326 Å². The van der Waals surface area contributed by atoms with Crippen molar-refractivity contribution in [3.63, 3.8) is 0 Å². The summed E-state index contributed by atoms with van der Waals surface area (Å²) in [7, 11) is 0. The zero-order valence-corrected chi connectivity index (χ0v) is 31.3. The summed E-state index contributed by atoms with van der Waals surface area (Å²) in [6, 6.07) is 16.6. The predicted molar refractivity (Wildman–Crippen MR) is 206 cm³/mol. The largest absolute Gasteiger partial charge is 0.494 e. The van der Waals surface area contributed by atoms with Crippen molar-refractivity contribution in [2.24, 2.45) is 0 Å². The SMILES string of the molecule is C=CC(=O)OCCCCCCOc1ccc(C(=O)Oc2ccc(OC(=O)c3ccc(OCCCCCCOC(=O)C=C)cc3)c(C(=O)OC#CC#CC)c2)cc1. The Kier molecular flexibility index (Phi) is 19.7. The molecule has 0 atom stereocenters. The van der Waals surface area contributed by atoms with Crippen LogP contribution in [-0.4, -0.2) is 56.3 Å². The van der Waals surface area contributed by atoms with E-state index in [2.05, 4.69) is 37.0 Å². The van der Waals surface area contributed by atoms with Crippen LogP contribution in [0.3, 0.4) is 0 Å². The number of rotatable bonds is 23. The molecule has 0 saturated heterocycles. The van der Waals surface area contributed by atoms with Gasteiger partial charge in [-0.2, -0.15) is 0 Å². The fraction of sp³-hybridized carbons (Fsp3) is 0.295. The Morgan fingerprint density at radius 2 is 1.02 bits per heavy atom. The summed E-state index contributed by atoms with van der Waals surface area (Å²) in [6.45, 7) is 9.93. The molecule has 0 bridgehead atoms. The number of carbonyl (C=O) groups excluding carboxylic acids is 5. The summed E-state index contributed by atoms with van der Waals surface area (Å²) < 4.78 is 37.5. The molecule has 0 aliphatic rings. The molecule has 12 nitrogen and oxygen atoms in total. The topological polar surface area (TPSA) is 150 Å². The van der Waals surface area contributed by atoms with Crippen LogP contribution in [0.25, 0.3) is 0 Å². The second-order valence-electron chi connectivity index (χ2n) is 11.7. The Morgan fingerprint density at radius 1 is 0.554 bits per heavy atom. The normalized spacial score (nSPS) is 9.88. The highest BCUT2D eigenvalue weighted by molar-refractivity contribution is 5.97. The standard InChI is InChI=1S/C44H44O12/c1-4-7-12-31-54-44(49)38-32-37(55-42(47)33-17-21-35(22-18-33)50-27-13-8-10-15-29-52-40(45)5-2)25-26-39(38)56-43(48)34-19-23-36(24-20-34)51-28-14-9-11-16-30-53-41(46)6-3/h5-6,17-26,32H,2-3,8-11,13-16,27-30H2,1H3. The number of hydrogen-bond donors (Lipinski definition) is 0. The molecule has 0 unspecified atom stereocenters. The molecule has 3 rings (SSSR count). The third-order valence-corrected chi connectivity index (χ3v) is 7.58. The van der Waals surface area contributed by atoms with E-state index in [1.54, 1.807) is 43.3 Å². The van der Waals surface area contributed by atoms with Gasteiger partial charge < -0.3 is 33.2 Å². The van der Waals surface area contributed by atoms with Gasteiger partial charge in [0.05, 0.1) is 37.6 Å². The van der Waals surface area contributed by atoms with Gasteiger partial charge in [0.25, 0.3) is 0 Å². The Hall–Kier alpha value is -6.79. The molecule has 3 aromatic carbocycles. The van der Waals surface area contributed by atoms with Crippen molar-refractivity contribution in [1.82, 2.24) is 0 Å². The monoisotopic (exact) mass is 764 g/mol. The molecule has 0 spiro atoms. The van der Waals surface area contributed by atoms with Gasteiger partial charge in [0.2, 0.25) is 0 Å². The van der Waals surface area contributed by atoms with Gasteiger partial charge in [-0.25, -0.2) is 24.0 Å². The molecular formula is C44H44O12. The lowest BCUT2D eigenvalue weighted by Crippen LogP contribution is -2.13. The molecule has 12 heteroatoms.